The molecule has 172 valence electrons. The first-order valence-corrected chi connectivity index (χ1v) is 10.1. The molecule has 0 fully saturated rings. The molecule has 2 aromatic carbocycles. The summed E-state index contributed by atoms with van der Waals surface area (Å²) >= 11 is 0. The van der Waals surface area contributed by atoms with Gasteiger partial charge < -0.3 is 14.0 Å². The summed E-state index contributed by atoms with van der Waals surface area (Å²) in [5.74, 6) is 1.33. The van der Waals surface area contributed by atoms with Gasteiger partial charge in [0, 0.05) is 6.07 Å². The Morgan fingerprint density at radius 2 is 1.88 bits per heavy atom. The van der Waals surface area contributed by atoms with E-state index in [4.69, 9.17) is 14.0 Å². The van der Waals surface area contributed by atoms with Crippen molar-refractivity contribution >= 4 is 11.2 Å². The number of nitrogens with zero attached hydrogens (tertiary/aromatic N) is 7. The van der Waals surface area contributed by atoms with Crippen LogP contribution >= 0.6 is 0 Å². The highest BCUT2D eigenvalue weighted by Gasteiger charge is 2.17. The van der Waals surface area contributed by atoms with Gasteiger partial charge in [0.05, 0.1) is 26.3 Å². The minimum Gasteiger partial charge on any atom is -0.497 e. The van der Waals surface area contributed by atoms with E-state index in [9.17, 15) is 9.18 Å². The molecule has 0 spiro atoms. The zero-order valence-corrected chi connectivity index (χ0v) is 18.2. The van der Waals surface area contributed by atoms with Gasteiger partial charge in [-0.15, -0.1) is 5.10 Å². The van der Waals surface area contributed by atoms with E-state index in [1.54, 1.807) is 37.4 Å². The van der Waals surface area contributed by atoms with Crippen LogP contribution in [0.2, 0.25) is 0 Å². The van der Waals surface area contributed by atoms with Crippen molar-refractivity contribution in [2.45, 2.75) is 13.1 Å². The van der Waals surface area contributed by atoms with Crippen LogP contribution in [0, 0.1) is 5.82 Å². The highest BCUT2D eigenvalue weighted by atomic mass is 19.1. The summed E-state index contributed by atoms with van der Waals surface area (Å²) in [5, 5.41) is 12.0. The molecular formula is C22H18FN7O4. The third kappa shape index (κ3) is 3.96. The van der Waals surface area contributed by atoms with Crippen molar-refractivity contribution < 1.29 is 18.4 Å². The molecule has 0 saturated carbocycles. The van der Waals surface area contributed by atoms with Crippen molar-refractivity contribution in [1.29, 1.82) is 0 Å². The van der Waals surface area contributed by atoms with Gasteiger partial charge in [-0.2, -0.15) is 4.98 Å². The van der Waals surface area contributed by atoms with Crippen molar-refractivity contribution in [3.8, 4) is 22.9 Å². The Hall–Kier alpha value is -4.61. The van der Waals surface area contributed by atoms with E-state index in [2.05, 4.69) is 25.4 Å². The summed E-state index contributed by atoms with van der Waals surface area (Å²) in [6, 6.07) is 11.2. The monoisotopic (exact) mass is 463 g/mol. The summed E-state index contributed by atoms with van der Waals surface area (Å²) in [6.07, 6.45) is 1.37. The molecule has 0 N–H and O–H groups in total. The second-order valence-electron chi connectivity index (χ2n) is 7.30. The molecule has 3 heterocycles. The number of halogens is 1. The zero-order chi connectivity index (χ0) is 23.7. The SMILES string of the molecule is COc1ccc(-c2noc(Cn3cnc4c(nnn4Cc4ccc(F)cc4)c3=O)n2)c(OC)c1. The second kappa shape index (κ2) is 8.73. The van der Waals surface area contributed by atoms with E-state index in [-0.39, 0.29) is 23.8 Å². The second-order valence-corrected chi connectivity index (χ2v) is 7.30. The molecule has 0 saturated heterocycles. The van der Waals surface area contributed by atoms with Crippen LogP contribution in [-0.2, 0) is 13.1 Å². The number of hydrogen-bond acceptors (Lipinski definition) is 9. The van der Waals surface area contributed by atoms with E-state index in [1.807, 2.05) is 0 Å². The lowest BCUT2D eigenvalue weighted by molar-refractivity contribution is 0.369. The first-order chi connectivity index (χ1) is 16.6. The van der Waals surface area contributed by atoms with Gasteiger partial charge in [0.15, 0.2) is 11.2 Å². The number of aromatic nitrogens is 7. The molecule has 0 aliphatic carbocycles. The molecule has 0 aliphatic rings. The molecule has 5 rings (SSSR count). The summed E-state index contributed by atoms with van der Waals surface area (Å²) < 4.78 is 31.9. The standard InChI is InChI=1S/C22H18FN7O4/c1-32-15-7-8-16(17(9-15)33-2)20-25-18(34-27-20)11-29-12-24-21-19(22(29)31)26-28-30(21)10-13-3-5-14(23)6-4-13/h3-9,12H,10-11H2,1-2H3. The Morgan fingerprint density at radius 1 is 1.06 bits per heavy atom. The summed E-state index contributed by atoms with van der Waals surface area (Å²) in [4.78, 5) is 21.6. The molecule has 5 aromatic rings. The zero-order valence-electron chi connectivity index (χ0n) is 18.2. The topological polar surface area (TPSA) is 123 Å². The van der Waals surface area contributed by atoms with E-state index in [0.29, 0.717) is 35.1 Å². The van der Waals surface area contributed by atoms with Gasteiger partial charge in [-0.05, 0) is 29.8 Å². The van der Waals surface area contributed by atoms with Crippen molar-refractivity contribution in [2.24, 2.45) is 0 Å². The van der Waals surface area contributed by atoms with E-state index < -0.39 is 5.56 Å². The highest BCUT2D eigenvalue weighted by Crippen LogP contribution is 2.31. The largest absolute Gasteiger partial charge is 0.497 e. The molecule has 3 aromatic heterocycles. The quantitative estimate of drug-likeness (QED) is 0.358. The average molecular weight is 463 g/mol. The lowest BCUT2D eigenvalue weighted by Gasteiger charge is -2.07. The van der Waals surface area contributed by atoms with Crippen LogP contribution in [0.25, 0.3) is 22.6 Å². The normalized spacial score (nSPS) is 11.1. The number of benzene rings is 2. The van der Waals surface area contributed by atoms with Crippen molar-refractivity contribution in [2.75, 3.05) is 14.2 Å². The maximum absolute atomic E-state index is 13.1. The summed E-state index contributed by atoms with van der Waals surface area (Å²) in [6.45, 7) is 0.294. The van der Waals surface area contributed by atoms with E-state index in [1.165, 1.54) is 34.8 Å². The minimum atomic E-state index is -0.405. The lowest BCUT2D eigenvalue weighted by Crippen LogP contribution is -2.21. The first-order valence-electron chi connectivity index (χ1n) is 10.1. The summed E-state index contributed by atoms with van der Waals surface area (Å²) in [7, 11) is 3.09. The predicted octanol–water partition coefficient (Wildman–Crippen LogP) is 2.29. The van der Waals surface area contributed by atoms with Gasteiger partial charge in [0.1, 0.15) is 30.2 Å². The molecule has 0 aliphatic heterocycles. The minimum absolute atomic E-state index is 0.00192. The highest BCUT2D eigenvalue weighted by molar-refractivity contribution is 5.68. The van der Waals surface area contributed by atoms with Crippen LogP contribution in [0.4, 0.5) is 4.39 Å². The number of hydrogen-bond donors (Lipinski definition) is 0. The molecule has 0 amide bonds. The third-order valence-electron chi connectivity index (χ3n) is 5.16. The predicted molar refractivity (Wildman–Crippen MR) is 117 cm³/mol. The maximum Gasteiger partial charge on any atom is 0.283 e. The number of fused-ring (bicyclic) bond motifs is 1. The number of ether oxygens (including phenoxy) is 2. The fourth-order valence-electron chi connectivity index (χ4n) is 3.43. The third-order valence-corrected chi connectivity index (χ3v) is 5.16. The Labute approximate surface area is 191 Å². The smallest absolute Gasteiger partial charge is 0.283 e. The van der Waals surface area contributed by atoms with Crippen LogP contribution in [0.3, 0.4) is 0 Å². The average Bonchev–Trinajstić information content (AvgIpc) is 3.49. The van der Waals surface area contributed by atoms with Gasteiger partial charge in [-0.25, -0.2) is 14.1 Å². The maximum atomic E-state index is 13.1. The van der Waals surface area contributed by atoms with Crippen LogP contribution < -0.4 is 15.0 Å². The molecule has 0 radical (unpaired) electrons. The Morgan fingerprint density at radius 3 is 2.65 bits per heavy atom. The Kier molecular flexibility index (Phi) is 5.46. The van der Waals surface area contributed by atoms with Gasteiger partial charge in [0.2, 0.25) is 11.7 Å². The Bertz CT molecular complexity index is 1520. The fraction of sp³-hybridized carbons (Fsp3) is 0.182. The molecular weight excluding hydrogens is 445 g/mol. The number of rotatable bonds is 7. The van der Waals surface area contributed by atoms with Gasteiger partial charge in [-0.1, -0.05) is 22.5 Å². The van der Waals surface area contributed by atoms with Gasteiger partial charge in [-0.3, -0.25) is 9.36 Å². The van der Waals surface area contributed by atoms with Crippen molar-refractivity contribution in [1.82, 2.24) is 34.7 Å². The van der Waals surface area contributed by atoms with Crippen LogP contribution in [-0.4, -0.2) is 48.9 Å². The van der Waals surface area contributed by atoms with E-state index >= 15 is 0 Å². The Balaban J connectivity index is 1.40. The molecule has 0 bridgehead atoms. The summed E-state index contributed by atoms with van der Waals surface area (Å²) in [5.41, 5.74) is 1.42. The van der Waals surface area contributed by atoms with Crippen molar-refractivity contribution in [3.05, 3.63) is 76.4 Å². The molecule has 0 unspecified atom stereocenters. The van der Waals surface area contributed by atoms with Crippen molar-refractivity contribution in [3.63, 3.8) is 0 Å². The first kappa shape index (κ1) is 21.2. The number of methoxy groups -OCH3 is 2. The molecule has 0 atom stereocenters. The van der Waals surface area contributed by atoms with Gasteiger partial charge >= 0.3 is 0 Å². The molecule has 34 heavy (non-hydrogen) atoms. The van der Waals surface area contributed by atoms with Crippen LogP contribution in [0.15, 0.2) is 58.1 Å². The molecule has 11 nitrogen and oxygen atoms in total. The van der Waals surface area contributed by atoms with Gasteiger partial charge in [0.25, 0.3) is 5.56 Å². The van der Waals surface area contributed by atoms with E-state index in [0.717, 1.165) is 5.56 Å². The van der Waals surface area contributed by atoms with Crippen LogP contribution in [0.5, 0.6) is 11.5 Å². The van der Waals surface area contributed by atoms with Crippen LogP contribution in [0.1, 0.15) is 11.5 Å². The molecule has 12 heteroatoms. The lowest BCUT2D eigenvalue weighted by atomic mass is 10.2. The fourth-order valence-corrected chi connectivity index (χ4v) is 3.43.